The highest BCUT2D eigenvalue weighted by Crippen LogP contribution is 2.21. The third-order valence-corrected chi connectivity index (χ3v) is 4.21. The Kier molecular flexibility index (Phi) is 5.43. The van der Waals surface area contributed by atoms with Crippen LogP contribution < -0.4 is 5.32 Å². The third-order valence-electron chi connectivity index (χ3n) is 3.20. The zero-order valence-electron chi connectivity index (χ0n) is 11.5. The molecule has 2 aromatic rings. The van der Waals surface area contributed by atoms with E-state index in [4.69, 9.17) is 0 Å². The standard InChI is InChI=1S/C16H20N2S/c1-13(17-2)15-5-7-16(8-6-15)19-11-9-14-4-3-10-18-12-14/h3-8,10,12-13,17H,9,11H2,1-2H3. The van der Waals surface area contributed by atoms with E-state index in [2.05, 4.69) is 47.6 Å². The van der Waals surface area contributed by atoms with Gasteiger partial charge in [-0.2, -0.15) is 0 Å². The SMILES string of the molecule is CNC(C)c1ccc(SCCc2cccnc2)cc1. The fraction of sp³-hybridized carbons (Fsp3) is 0.312. The zero-order chi connectivity index (χ0) is 13.5. The average molecular weight is 272 g/mol. The second kappa shape index (κ2) is 7.31. The molecule has 1 unspecified atom stereocenters. The summed E-state index contributed by atoms with van der Waals surface area (Å²) in [5.41, 5.74) is 2.63. The molecule has 1 atom stereocenters. The van der Waals surface area contributed by atoms with Crippen molar-refractivity contribution in [1.29, 1.82) is 0 Å². The second-order valence-electron chi connectivity index (χ2n) is 4.54. The lowest BCUT2D eigenvalue weighted by Crippen LogP contribution is -2.11. The summed E-state index contributed by atoms with van der Waals surface area (Å²) >= 11 is 1.90. The lowest BCUT2D eigenvalue weighted by Gasteiger charge is -2.10. The monoisotopic (exact) mass is 272 g/mol. The van der Waals surface area contributed by atoms with Gasteiger partial charge in [0.25, 0.3) is 0 Å². The molecule has 0 aliphatic rings. The molecule has 1 N–H and O–H groups in total. The molecule has 1 aromatic carbocycles. The Morgan fingerprint density at radius 1 is 1.21 bits per heavy atom. The van der Waals surface area contributed by atoms with E-state index >= 15 is 0 Å². The Hall–Kier alpha value is -1.32. The Balaban J connectivity index is 1.83. The lowest BCUT2D eigenvalue weighted by atomic mass is 10.1. The molecule has 0 bridgehead atoms. The van der Waals surface area contributed by atoms with Crippen LogP contribution >= 0.6 is 11.8 Å². The topological polar surface area (TPSA) is 24.9 Å². The Labute approximate surface area is 119 Å². The minimum atomic E-state index is 0.412. The minimum Gasteiger partial charge on any atom is -0.313 e. The maximum absolute atomic E-state index is 4.13. The summed E-state index contributed by atoms with van der Waals surface area (Å²) in [6, 6.07) is 13.4. The van der Waals surface area contributed by atoms with Gasteiger partial charge in [0.05, 0.1) is 0 Å². The summed E-state index contributed by atoms with van der Waals surface area (Å²) in [7, 11) is 1.99. The van der Waals surface area contributed by atoms with Gasteiger partial charge in [-0.05, 0) is 49.7 Å². The molecule has 19 heavy (non-hydrogen) atoms. The molecule has 0 aliphatic carbocycles. The summed E-state index contributed by atoms with van der Waals surface area (Å²) < 4.78 is 0. The van der Waals surface area contributed by atoms with Crippen LogP contribution in [0.15, 0.2) is 53.7 Å². The van der Waals surface area contributed by atoms with Crippen LogP contribution in [0.1, 0.15) is 24.1 Å². The zero-order valence-corrected chi connectivity index (χ0v) is 12.3. The van der Waals surface area contributed by atoms with E-state index in [0.29, 0.717) is 6.04 Å². The van der Waals surface area contributed by atoms with Crippen LogP contribution in [0.2, 0.25) is 0 Å². The molecule has 3 heteroatoms. The van der Waals surface area contributed by atoms with Crippen LogP contribution in [0, 0.1) is 0 Å². The number of hydrogen-bond acceptors (Lipinski definition) is 3. The number of benzene rings is 1. The predicted octanol–water partition coefficient (Wildman–Crippen LogP) is 3.70. The highest BCUT2D eigenvalue weighted by Gasteiger charge is 2.02. The summed E-state index contributed by atoms with van der Waals surface area (Å²) in [5.74, 6) is 1.09. The number of aryl methyl sites for hydroxylation is 1. The summed E-state index contributed by atoms with van der Waals surface area (Å²) in [6.07, 6.45) is 4.82. The van der Waals surface area contributed by atoms with Crippen LogP contribution in [0.3, 0.4) is 0 Å². The van der Waals surface area contributed by atoms with E-state index in [1.807, 2.05) is 37.3 Å². The van der Waals surface area contributed by atoms with Crippen molar-refractivity contribution in [2.75, 3.05) is 12.8 Å². The van der Waals surface area contributed by atoms with Gasteiger partial charge in [0.1, 0.15) is 0 Å². The van der Waals surface area contributed by atoms with Gasteiger partial charge in [0, 0.05) is 29.1 Å². The van der Waals surface area contributed by atoms with Crippen molar-refractivity contribution in [2.24, 2.45) is 0 Å². The molecule has 0 spiro atoms. The molecule has 0 fully saturated rings. The molecule has 1 aromatic heterocycles. The quantitative estimate of drug-likeness (QED) is 0.812. The first-order valence-corrected chi connectivity index (χ1v) is 7.57. The Bertz CT molecular complexity index is 482. The van der Waals surface area contributed by atoms with E-state index in [1.54, 1.807) is 0 Å². The number of nitrogens with zero attached hydrogens (tertiary/aromatic N) is 1. The molecule has 2 rings (SSSR count). The average Bonchev–Trinajstić information content (AvgIpc) is 2.48. The largest absolute Gasteiger partial charge is 0.313 e. The highest BCUT2D eigenvalue weighted by molar-refractivity contribution is 7.99. The predicted molar refractivity (Wildman–Crippen MR) is 82.6 cm³/mol. The van der Waals surface area contributed by atoms with Gasteiger partial charge in [-0.25, -0.2) is 0 Å². The Morgan fingerprint density at radius 3 is 2.63 bits per heavy atom. The van der Waals surface area contributed by atoms with Crippen molar-refractivity contribution in [2.45, 2.75) is 24.3 Å². The van der Waals surface area contributed by atoms with E-state index in [-0.39, 0.29) is 0 Å². The summed E-state index contributed by atoms with van der Waals surface area (Å²) in [6.45, 7) is 2.17. The molecule has 0 amide bonds. The van der Waals surface area contributed by atoms with Crippen LogP contribution in [-0.2, 0) is 6.42 Å². The first-order chi connectivity index (χ1) is 9.29. The van der Waals surface area contributed by atoms with E-state index in [9.17, 15) is 0 Å². The molecular weight excluding hydrogens is 252 g/mol. The maximum Gasteiger partial charge on any atom is 0.0300 e. The second-order valence-corrected chi connectivity index (χ2v) is 5.71. The molecule has 1 heterocycles. The van der Waals surface area contributed by atoms with Gasteiger partial charge in [0.15, 0.2) is 0 Å². The third kappa shape index (κ3) is 4.37. The number of pyridine rings is 1. The first kappa shape index (κ1) is 14.1. The van der Waals surface area contributed by atoms with Gasteiger partial charge >= 0.3 is 0 Å². The van der Waals surface area contributed by atoms with Crippen molar-refractivity contribution in [3.8, 4) is 0 Å². The molecular formula is C16H20N2S. The highest BCUT2D eigenvalue weighted by atomic mass is 32.2. The van der Waals surface area contributed by atoms with Gasteiger partial charge in [0.2, 0.25) is 0 Å². The van der Waals surface area contributed by atoms with Gasteiger partial charge in [-0.3, -0.25) is 4.98 Å². The smallest absolute Gasteiger partial charge is 0.0300 e. The van der Waals surface area contributed by atoms with Crippen molar-refractivity contribution < 1.29 is 0 Å². The van der Waals surface area contributed by atoms with Crippen LogP contribution in [0.5, 0.6) is 0 Å². The molecule has 100 valence electrons. The molecule has 0 saturated heterocycles. The van der Waals surface area contributed by atoms with Crippen molar-refractivity contribution in [3.63, 3.8) is 0 Å². The van der Waals surface area contributed by atoms with Gasteiger partial charge < -0.3 is 5.32 Å². The number of nitrogens with one attached hydrogen (secondary N) is 1. The lowest BCUT2D eigenvalue weighted by molar-refractivity contribution is 0.652. The van der Waals surface area contributed by atoms with Crippen molar-refractivity contribution in [3.05, 3.63) is 59.9 Å². The molecule has 2 nitrogen and oxygen atoms in total. The summed E-state index contributed by atoms with van der Waals surface area (Å²) in [5, 5.41) is 3.25. The van der Waals surface area contributed by atoms with Crippen molar-refractivity contribution in [1.82, 2.24) is 10.3 Å². The van der Waals surface area contributed by atoms with Crippen LogP contribution in [-0.4, -0.2) is 17.8 Å². The number of hydrogen-bond donors (Lipinski definition) is 1. The molecule has 0 saturated carbocycles. The summed E-state index contributed by atoms with van der Waals surface area (Å²) in [4.78, 5) is 5.46. The first-order valence-electron chi connectivity index (χ1n) is 6.58. The van der Waals surface area contributed by atoms with E-state index in [0.717, 1.165) is 12.2 Å². The van der Waals surface area contributed by atoms with Gasteiger partial charge in [-0.15, -0.1) is 11.8 Å². The van der Waals surface area contributed by atoms with E-state index in [1.165, 1.54) is 16.0 Å². The molecule has 0 aliphatic heterocycles. The number of thioether (sulfide) groups is 1. The van der Waals surface area contributed by atoms with Crippen LogP contribution in [0.25, 0.3) is 0 Å². The number of aromatic nitrogens is 1. The fourth-order valence-electron chi connectivity index (χ4n) is 1.85. The van der Waals surface area contributed by atoms with Gasteiger partial charge in [-0.1, -0.05) is 18.2 Å². The van der Waals surface area contributed by atoms with Crippen LogP contribution in [0.4, 0.5) is 0 Å². The number of rotatable bonds is 6. The van der Waals surface area contributed by atoms with Crippen molar-refractivity contribution >= 4 is 11.8 Å². The van der Waals surface area contributed by atoms with E-state index < -0.39 is 0 Å². The molecule has 0 radical (unpaired) electrons. The Morgan fingerprint density at radius 2 is 2.00 bits per heavy atom. The fourth-order valence-corrected chi connectivity index (χ4v) is 2.75. The minimum absolute atomic E-state index is 0.412. The maximum atomic E-state index is 4.13. The normalized spacial score (nSPS) is 12.3.